The van der Waals surface area contributed by atoms with Crippen LogP contribution in [0.3, 0.4) is 0 Å². The summed E-state index contributed by atoms with van der Waals surface area (Å²) < 4.78 is 24.7. The molecule has 182 valence electrons. The molecule has 1 N–H and O–H groups in total. The van der Waals surface area contributed by atoms with Crippen molar-refractivity contribution in [2.75, 3.05) is 20.3 Å². The second kappa shape index (κ2) is 11.5. The number of likely N-dealkylation sites (N-methyl/N-ethyl adjacent to an activating group) is 1. The van der Waals surface area contributed by atoms with Crippen LogP contribution in [0.5, 0.6) is 11.5 Å². The van der Waals surface area contributed by atoms with Crippen LogP contribution in [0.2, 0.25) is 0 Å². The molecule has 0 fully saturated rings. The van der Waals surface area contributed by atoms with E-state index in [4.69, 9.17) is 9.47 Å². The van der Waals surface area contributed by atoms with E-state index in [2.05, 4.69) is 5.32 Å². The highest BCUT2D eigenvalue weighted by Crippen LogP contribution is 2.31. The Labute approximate surface area is 204 Å². The van der Waals surface area contributed by atoms with Crippen LogP contribution >= 0.6 is 0 Å². The number of hydrogen-bond acceptors (Lipinski definition) is 4. The molecule has 0 saturated heterocycles. The topological polar surface area (TPSA) is 67.9 Å². The van der Waals surface area contributed by atoms with Crippen LogP contribution in [-0.4, -0.2) is 43.0 Å². The summed E-state index contributed by atoms with van der Waals surface area (Å²) in [5, 5.41) is 2.70. The molecule has 1 unspecified atom stereocenters. The largest absolute Gasteiger partial charge is 0.486 e. The number of halogens is 1. The number of nitrogens with one attached hydrogen (secondary N) is 1. The maximum atomic E-state index is 13.5. The van der Waals surface area contributed by atoms with Gasteiger partial charge in [0.1, 0.15) is 25.1 Å². The van der Waals surface area contributed by atoms with E-state index in [0.717, 1.165) is 16.7 Å². The Morgan fingerprint density at radius 1 is 0.914 bits per heavy atom. The second-order valence-electron chi connectivity index (χ2n) is 8.45. The van der Waals surface area contributed by atoms with Crippen molar-refractivity contribution in [1.29, 1.82) is 0 Å². The van der Waals surface area contributed by atoms with E-state index in [-0.39, 0.29) is 30.6 Å². The zero-order valence-electron chi connectivity index (χ0n) is 19.7. The number of rotatable bonds is 9. The van der Waals surface area contributed by atoms with E-state index in [1.165, 1.54) is 12.1 Å². The van der Waals surface area contributed by atoms with Crippen LogP contribution in [0.1, 0.15) is 23.1 Å². The van der Waals surface area contributed by atoms with E-state index in [9.17, 15) is 14.0 Å². The van der Waals surface area contributed by atoms with Crippen LogP contribution in [0.15, 0.2) is 72.8 Å². The van der Waals surface area contributed by atoms with Gasteiger partial charge in [0.05, 0.1) is 0 Å². The van der Waals surface area contributed by atoms with E-state index in [1.807, 2.05) is 48.5 Å². The van der Waals surface area contributed by atoms with Crippen molar-refractivity contribution in [3.05, 3.63) is 95.3 Å². The number of aryl methyl sites for hydroxylation is 1. The SMILES string of the molecule is CNC(=O)C(Cc1ccccc1)N(Cc1ccc(F)cc1)C(=O)CCc1ccc2c(c1)OCCO2. The molecule has 1 heterocycles. The standard InChI is InChI=1S/C28H29FN2O4/c1-30-28(33)24(17-20-5-3-2-4-6-20)31(19-22-7-11-23(29)12-8-22)27(32)14-10-21-9-13-25-26(18-21)35-16-15-34-25/h2-9,11-13,18,24H,10,14-17,19H2,1H3,(H,30,33). The van der Waals surface area contributed by atoms with Crippen LogP contribution in [-0.2, 0) is 29.0 Å². The van der Waals surface area contributed by atoms with Crippen molar-refractivity contribution >= 4 is 11.8 Å². The third kappa shape index (κ3) is 6.38. The van der Waals surface area contributed by atoms with Crippen molar-refractivity contribution in [2.45, 2.75) is 31.8 Å². The van der Waals surface area contributed by atoms with Crippen LogP contribution < -0.4 is 14.8 Å². The second-order valence-corrected chi connectivity index (χ2v) is 8.45. The summed E-state index contributed by atoms with van der Waals surface area (Å²) >= 11 is 0. The minimum Gasteiger partial charge on any atom is -0.486 e. The lowest BCUT2D eigenvalue weighted by Crippen LogP contribution is -2.49. The normalized spacial score (nSPS) is 13.1. The number of carbonyl (C=O) groups excluding carboxylic acids is 2. The minimum absolute atomic E-state index is 0.159. The van der Waals surface area contributed by atoms with Gasteiger partial charge in [0.2, 0.25) is 11.8 Å². The molecular formula is C28H29FN2O4. The first-order valence-corrected chi connectivity index (χ1v) is 11.7. The lowest BCUT2D eigenvalue weighted by molar-refractivity contribution is -0.141. The van der Waals surface area contributed by atoms with Gasteiger partial charge in [-0.05, 0) is 47.4 Å². The van der Waals surface area contributed by atoms with Gasteiger partial charge in [-0.2, -0.15) is 0 Å². The van der Waals surface area contributed by atoms with Crippen molar-refractivity contribution in [2.24, 2.45) is 0 Å². The predicted molar refractivity (Wildman–Crippen MR) is 131 cm³/mol. The van der Waals surface area contributed by atoms with Gasteiger partial charge in [-0.3, -0.25) is 9.59 Å². The number of nitrogens with zero attached hydrogens (tertiary/aromatic N) is 1. The van der Waals surface area contributed by atoms with Crippen molar-refractivity contribution in [3.63, 3.8) is 0 Å². The van der Waals surface area contributed by atoms with Crippen LogP contribution in [0.4, 0.5) is 4.39 Å². The quantitative estimate of drug-likeness (QED) is 0.509. The fourth-order valence-electron chi connectivity index (χ4n) is 4.15. The Balaban J connectivity index is 1.56. The lowest BCUT2D eigenvalue weighted by Gasteiger charge is -2.31. The Morgan fingerprint density at radius 2 is 1.60 bits per heavy atom. The molecule has 1 atom stereocenters. The molecule has 1 aliphatic heterocycles. The maximum absolute atomic E-state index is 13.5. The zero-order chi connectivity index (χ0) is 24.6. The highest BCUT2D eigenvalue weighted by molar-refractivity contribution is 5.88. The van der Waals surface area contributed by atoms with Gasteiger partial charge in [0.15, 0.2) is 11.5 Å². The molecule has 7 heteroatoms. The van der Waals surface area contributed by atoms with E-state index in [1.54, 1.807) is 24.1 Å². The summed E-state index contributed by atoms with van der Waals surface area (Å²) in [6.07, 6.45) is 1.07. The van der Waals surface area contributed by atoms with Crippen molar-refractivity contribution in [3.8, 4) is 11.5 Å². The van der Waals surface area contributed by atoms with Gasteiger partial charge >= 0.3 is 0 Å². The molecule has 0 bridgehead atoms. The molecule has 3 aromatic rings. The molecule has 0 aliphatic carbocycles. The number of amides is 2. The van der Waals surface area contributed by atoms with E-state index < -0.39 is 6.04 Å². The molecule has 35 heavy (non-hydrogen) atoms. The molecule has 0 saturated carbocycles. The molecule has 6 nitrogen and oxygen atoms in total. The molecular weight excluding hydrogens is 447 g/mol. The Kier molecular flexibility index (Phi) is 7.98. The van der Waals surface area contributed by atoms with Crippen LogP contribution in [0.25, 0.3) is 0 Å². The first-order valence-electron chi connectivity index (χ1n) is 11.7. The third-order valence-corrected chi connectivity index (χ3v) is 6.02. The summed E-state index contributed by atoms with van der Waals surface area (Å²) in [7, 11) is 1.57. The average molecular weight is 477 g/mol. The minimum atomic E-state index is -0.708. The lowest BCUT2D eigenvalue weighted by atomic mass is 10.0. The van der Waals surface area contributed by atoms with E-state index in [0.29, 0.717) is 37.6 Å². The van der Waals surface area contributed by atoms with Gasteiger partial charge < -0.3 is 19.7 Å². The monoisotopic (exact) mass is 476 g/mol. The molecule has 4 rings (SSSR count). The smallest absolute Gasteiger partial charge is 0.242 e. The summed E-state index contributed by atoms with van der Waals surface area (Å²) in [6, 6.07) is 20.6. The Hall–Kier alpha value is -3.87. The number of hydrogen-bond donors (Lipinski definition) is 1. The molecule has 0 radical (unpaired) electrons. The molecule has 0 spiro atoms. The van der Waals surface area contributed by atoms with Crippen LogP contribution in [0, 0.1) is 5.82 Å². The van der Waals surface area contributed by atoms with E-state index >= 15 is 0 Å². The van der Waals surface area contributed by atoms with Crippen molar-refractivity contribution in [1.82, 2.24) is 10.2 Å². The number of carbonyl (C=O) groups is 2. The highest BCUT2D eigenvalue weighted by Gasteiger charge is 2.29. The third-order valence-electron chi connectivity index (χ3n) is 6.02. The number of fused-ring (bicyclic) bond motifs is 1. The van der Waals surface area contributed by atoms with Gasteiger partial charge in [-0.15, -0.1) is 0 Å². The molecule has 3 aromatic carbocycles. The fourth-order valence-corrected chi connectivity index (χ4v) is 4.15. The predicted octanol–water partition coefficient (Wildman–Crippen LogP) is 3.92. The Morgan fingerprint density at radius 3 is 2.31 bits per heavy atom. The van der Waals surface area contributed by atoms with Gasteiger partial charge in [-0.25, -0.2) is 4.39 Å². The fraction of sp³-hybridized carbons (Fsp3) is 0.286. The first-order chi connectivity index (χ1) is 17.0. The summed E-state index contributed by atoms with van der Waals surface area (Å²) in [5.41, 5.74) is 2.65. The molecule has 1 aliphatic rings. The maximum Gasteiger partial charge on any atom is 0.242 e. The zero-order valence-corrected chi connectivity index (χ0v) is 19.7. The molecule has 0 aromatic heterocycles. The number of benzene rings is 3. The summed E-state index contributed by atoms with van der Waals surface area (Å²) in [5.74, 6) is 0.623. The van der Waals surface area contributed by atoms with Gasteiger partial charge in [-0.1, -0.05) is 48.5 Å². The average Bonchev–Trinajstić information content (AvgIpc) is 2.90. The van der Waals surface area contributed by atoms with Crippen molar-refractivity contribution < 1.29 is 23.5 Å². The first kappa shape index (κ1) is 24.3. The molecule has 2 amide bonds. The highest BCUT2D eigenvalue weighted by atomic mass is 19.1. The number of ether oxygens (including phenoxy) is 2. The summed E-state index contributed by atoms with van der Waals surface area (Å²) in [6.45, 7) is 1.21. The van der Waals surface area contributed by atoms with Gasteiger partial charge in [0, 0.05) is 26.4 Å². The van der Waals surface area contributed by atoms with Gasteiger partial charge in [0.25, 0.3) is 0 Å². The summed E-state index contributed by atoms with van der Waals surface area (Å²) in [4.78, 5) is 28.1. The Bertz CT molecular complexity index is 1150.